The number of aliphatic hydroxyl groups is 1. The number of fused-ring (bicyclic) bond motifs is 1. The smallest absolute Gasteiger partial charge is 0.444 e. The molecule has 1 heterocycles. The lowest BCUT2D eigenvalue weighted by atomic mass is 10.1. The fourth-order valence-electron chi connectivity index (χ4n) is 4.23. The Labute approximate surface area is 188 Å². The molecule has 1 aliphatic carbocycles. The number of para-hydroxylation sites is 2. The Kier molecular flexibility index (Phi) is 6.21. The summed E-state index contributed by atoms with van der Waals surface area (Å²) in [4.78, 5) is 12.4. The highest BCUT2D eigenvalue weighted by Crippen LogP contribution is 2.65. The van der Waals surface area contributed by atoms with Gasteiger partial charge in [-0.05, 0) is 51.5 Å². The number of nitrogens with one attached hydrogen (secondary N) is 1. The van der Waals surface area contributed by atoms with E-state index >= 15 is 0 Å². The van der Waals surface area contributed by atoms with Crippen LogP contribution in [0.2, 0.25) is 0 Å². The van der Waals surface area contributed by atoms with Crippen LogP contribution in [0.25, 0.3) is 0 Å². The van der Waals surface area contributed by atoms with E-state index in [0.717, 1.165) is 0 Å². The number of hydrogen-bond acceptors (Lipinski definition) is 6. The average Bonchev–Trinajstić information content (AvgIpc) is 3.39. The zero-order valence-corrected chi connectivity index (χ0v) is 19.3. The predicted molar refractivity (Wildman–Crippen MR) is 120 cm³/mol. The van der Waals surface area contributed by atoms with Gasteiger partial charge in [0.15, 0.2) is 0 Å². The summed E-state index contributed by atoms with van der Waals surface area (Å²) in [5.74, 6) is 0.648. The number of benzene rings is 2. The molecule has 0 bridgehead atoms. The van der Waals surface area contributed by atoms with E-state index in [1.54, 1.807) is 74.0 Å². The van der Waals surface area contributed by atoms with Crippen LogP contribution in [-0.4, -0.2) is 46.2 Å². The third-order valence-corrected chi connectivity index (χ3v) is 7.45. The molecule has 5 atom stereocenters. The van der Waals surface area contributed by atoms with Crippen molar-refractivity contribution in [3.8, 4) is 11.5 Å². The van der Waals surface area contributed by atoms with Crippen LogP contribution in [0.15, 0.2) is 60.7 Å². The highest BCUT2D eigenvalue weighted by atomic mass is 31.2. The second kappa shape index (κ2) is 8.77. The van der Waals surface area contributed by atoms with Gasteiger partial charge in [0.2, 0.25) is 0 Å². The summed E-state index contributed by atoms with van der Waals surface area (Å²) in [5, 5.41) is 12.8. The van der Waals surface area contributed by atoms with Gasteiger partial charge in [-0.2, -0.15) is 4.67 Å². The van der Waals surface area contributed by atoms with Crippen molar-refractivity contribution in [2.45, 2.75) is 50.9 Å². The first-order valence-corrected chi connectivity index (χ1v) is 12.2. The summed E-state index contributed by atoms with van der Waals surface area (Å²) in [6.45, 7) is 5.28. The summed E-state index contributed by atoms with van der Waals surface area (Å²) >= 11 is 0. The van der Waals surface area contributed by atoms with Gasteiger partial charge in [0.25, 0.3) is 0 Å². The van der Waals surface area contributed by atoms with E-state index < -0.39 is 19.4 Å². The summed E-state index contributed by atoms with van der Waals surface area (Å²) in [5.41, 5.74) is -0.635. The highest BCUT2D eigenvalue weighted by molar-refractivity contribution is 7.52. The van der Waals surface area contributed by atoms with Crippen molar-refractivity contribution in [2.75, 3.05) is 6.61 Å². The van der Waals surface area contributed by atoms with Gasteiger partial charge in [0.05, 0.1) is 12.1 Å². The molecule has 0 spiro atoms. The van der Waals surface area contributed by atoms with Crippen LogP contribution in [-0.2, 0) is 9.30 Å². The molecule has 1 aliphatic heterocycles. The summed E-state index contributed by atoms with van der Waals surface area (Å²) in [6, 6.07) is 16.8. The maximum atomic E-state index is 14.1. The molecule has 8 nitrogen and oxygen atoms in total. The normalized spacial score (nSPS) is 26.7. The first kappa shape index (κ1) is 22.6. The summed E-state index contributed by atoms with van der Waals surface area (Å²) in [6.07, 6.45) is 0.00704. The van der Waals surface area contributed by atoms with E-state index in [0.29, 0.717) is 17.9 Å². The summed E-state index contributed by atoms with van der Waals surface area (Å²) in [7, 11) is -3.84. The van der Waals surface area contributed by atoms with Crippen LogP contribution >= 0.6 is 7.75 Å². The average molecular weight is 460 g/mol. The minimum atomic E-state index is -3.84. The molecule has 4 rings (SSSR count). The number of aliphatic hydroxyl groups excluding tert-OH is 1. The molecule has 5 unspecified atom stereocenters. The number of hydrogen-bond donors (Lipinski definition) is 2. The van der Waals surface area contributed by atoms with Crippen LogP contribution in [0.3, 0.4) is 0 Å². The Morgan fingerprint density at radius 1 is 1.03 bits per heavy atom. The molecule has 172 valence electrons. The lowest BCUT2D eigenvalue weighted by Gasteiger charge is -2.27. The molecule has 1 saturated carbocycles. The molecule has 0 radical (unpaired) electrons. The molecule has 2 aliphatic rings. The Hall–Kier alpha value is -2.54. The van der Waals surface area contributed by atoms with Crippen molar-refractivity contribution in [3.63, 3.8) is 0 Å². The minimum absolute atomic E-state index is 0.0964. The Morgan fingerprint density at radius 2 is 1.56 bits per heavy atom. The number of piperidine rings is 1. The van der Waals surface area contributed by atoms with Crippen LogP contribution in [0, 0.1) is 5.92 Å². The van der Waals surface area contributed by atoms with Crippen LogP contribution in [0.5, 0.6) is 11.5 Å². The van der Waals surface area contributed by atoms with Crippen molar-refractivity contribution >= 4 is 13.8 Å². The fourth-order valence-corrected chi connectivity index (χ4v) is 6.45. The fraction of sp³-hybridized carbons (Fsp3) is 0.435. The number of alkyl carbamates (subject to hydrolysis) is 1. The van der Waals surface area contributed by atoms with Crippen molar-refractivity contribution in [3.05, 3.63) is 60.7 Å². The van der Waals surface area contributed by atoms with Gasteiger partial charge in [-0.25, -0.2) is 9.36 Å². The molecule has 1 saturated heterocycles. The zero-order valence-electron chi connectivity index (χ0n) is 18.4. The Balaban J connectivity index is 1.58. The Bertz CT molecular complexity index is 935. The topological polar surface area (TPSA) is 97.1 Å². The van der Waals surface area contributed by atoms with Crippen molar-refractivity contribution < 1.29 is 28.3 Å². The standard InChI is InChI=1S/C23H29N2O6P/c1-23(2,3)29-22(27)24-19-14-16(15-26)20-21(19)25(20)32(28,30-17-10-6-4-7-11-17)31-18-12-8-5-9-13-18/h4-13,16,19-21,26H,14-15H2,1-3H3,(H,24,27). The van der Waals surface area contributed by atoms with Gasteiger partial charge in [-0.3, -0.25) is 0 Å². The first-order valence-electron chi connectivity index (χ1n) is 10.7. The Morgan fingerprint density at radius 3 is 2.03 bits per heavy atom. The van der Waals surface area contributed by atoms with Crippen molar-refractivity contribution in [1.29, 1.82) is 0 Å². The number of nitrogens with zero attached hydrogens (tertiary/aromatic N) is 1. The van der Waals surface area contributed by atoms with Gasteiger partial charge in [0, 0.05) is 18.6 Å². The van der Waals surface area contributed by atoms with Gasteiger partial charge >= 0.3 is 13.8 Å². The van der Waals surface area contributed by atoms with Gasteiger partial charge in [0.1, 0.15) is 17.1 Å². The summed E-state index contributed by atoms with van der Waals surface area (Å²) < 4.78 is 33.0. The van der Waals surface area contributed by atoms with E-state index in [1.165, 1.54) is 0 Å². The predicted octanol–water partition coefficient (Wildman–Crippen LogP) is 4.21. The van der Waals surface area contributed by atoms with Crippen LogP contribution in [0.4, 0.5) is 4.79 Å². The molecule has 2 N–H and O–H groups in total. The maximum absolute atomic E-state index is 14.1. The second-order valence-electron chi connectivity index (χ2n) is 9.07. The van der Waals surface area contributed by atoms with E-state index in [2.05, 4.69) is 5.32 Å². The first-order chi connectivity index (χ1) is 15.2. The van der Waals surface area contributed by atoms with E-state index in [1.807, 2.05) is 12.1 Å². The number of amides is 1. The molecular formula is C23H29N2O6P. The third kappa shape index (κ3) is 4.93. The molecule has 2 fully saturated rings. The van der Waals surface area contributed by atoms with E-state index in [4.69, 9.17) is 13.8 Å². The minimum Gasteiger partial charge on any atom is -0.444 e. The van der Waals surface area contributed by atoms with Crippen LogP contribution in [0.1, 0.15) is 27.2 Å². The zero-order chi connectivity index (χ0) is 22.9. The highest BCUT2D eigenvalue weighted by Gasteiger charge is 2.70. The van der Waals surface area contributed by atoms with Gasteiger partial charge in [-0.1, -0.05) is 36.4 Å². The quantitative estimate of drug-likeness (QED) is 0.472. The number of rotatable bonds is 7. The lowest BCUT2D eigenvalue weighted by molar-refractivity contribution is 0.0494. The molecule has 0 aromatic heterocycles. The number of carbonyl (C=O) groups excluding carboxylic acids is 1. The molecule has 32 heavy (non-hydrogen) atoms. The van der Waals surface area contributed by atoms with E-state index in [-0.39, 0.29) is 30.7 Å². The molecule has 1 amide bonds. The monoisotopic (exact) mass is 460 g/mol. The third-order valence-electron chi connectivity index (χ3n) is 5.47. The SMILES string of the molecule is CC(C)(C)OC(=O)NC1CC(CO)C2C1N2P(=O)(Oc1ccccc1)Oc1ccccc1. The van der Waals surface area contributed by atoms with Crippen molar-refractivity contribution in [1.82, 2.24) is 9.99 Å². The molecular weight excluding hydrogens is 431 g/mol. The molecule has 2 aromatic rings. The number of carbonyl (C=O) groups is 1. The van der Waals surface area contributed by atoms with Crippen molar-refractivity contribution in [2.24, 2.45) is 5.92 Å². The molecule has 9 heteroatoms. The van der Waals surface area contributed by atoms with Crippen LogP contribution < -0.4 is 14.4 Å². The second-order valence-corrected chi connectivity index (χ2v) is 10.8. The van der Waals surface area contributed by atoms with Gasteiger partial charge < -0.3 is 24.2 Å². The maximum Gasteiger partial charge on any atom is 0.516 e. The van der Waals surface area contributed by atoms with E-state index in [9.17, 15) is 14.5 Å². The van der Waals surface area contributed by atoms with Gasteiger partial charge in [-0.15, -0.1) is 0 Å². The largest absolute Gasteiger partial charge is 0.516 e. The number of ether oxygens (including phenoxy) is 1. The lowest BCUT2D eigenvalue weighted by Crippen LogP contribution is -2.42. The molecule has 2 aromatic carbocycles.